The molecule has 5 nitrogen and oxygen atoms in total. The predicted octanol–water partition coefficient (Wildman–Crippen LogP) is 0.827. The van der Waals surface area contributed by atoms with Crippen LogP contribution < -0.4 is 5.46 Å². The van der Waals surface area contributed by atoms with Crippen LogP contribution in [0.15, 0.2) is 24.4 Å². The van der Waals surface area contributed by atoms with Crippen LogP contribution in [0.25, 0.3) is 10.9 Å². The van der Waals surface area contributed by atoms with Crippen molar-refractivity contribution in [1.29, 1.82) is 0 Å². The van der Waals surface area contributed by atoms with E-state index in [1.54, 1.807) is 44.6 Å². The quantitative estimate of drug-likeness (QED) is 0.812. The molecule has 1 aromatic carbocycles. The van der Waals surface area contributed by atoms with Crippen LogP contribution in [0.2, 0.25) is 0 Å². The second-order valence-electron chi connectivity index (χ2n) is 6.09. The number of para-hydroxylation sites is 1. The molecule has 0 aliphatic carbocycles. The number of aromatic nitrogens is 2. The van der Waals surface area contributed by atoms with Crippen molar-refractivity contribution in [2.75, 3.05) is 0 Å². The van der Waals surface area contributed by atoms with Gasteiger partial charge in [0.05, 0.1) is 22.9 Å². The molecule has 0 unspecified atom stereocenters. The summed E-state index contributed by atoms with van der Waals surface area (Å²) in [6.45, 7) is 6.81. The average Bonchev–Trinajstić information content (AvgIpc) is 2.69. The third kappa shape index (κ3) is 2.59. The van der Waals surface area contributed by atoms with Gasteiger partial charge in [-0.1, -0.05) is 18.2 Å². The number of benzene rings is 1. The summed E-state index contributed by atoms with van der Waals surface area (Å²) >= 11 is 0. The molecule has 0 amide bonds. The largest absolute Gasteiger partial charge is 0.493 e. The first kappa shape index (κ1) is 15.0. The van der Waals surface area contributed by atoms with Crippen molar-refractivity contribution in [2.24, 2.45) is 7.05 Å². The van der Waals surface area contributed by atoms with E-state index in [-0.39, 0.29) is 0 Å². The van der Waals surface area contributed by atoms with Gasteiger partial charge in [-0.15, -0.1) is 0 Å². The maximum absolute atomic E-state index is 10.4. The zero-order chi connectivity index (χ0) is 15.1. The molecule has 0 fully saturated rings. The molecular formula is C14H21BN2O3. The molecule has 2 N–H and O–H groups in total. The van der Waals surface area contributed by atoms with Gasteiger partial charge in [-0.25, -0.2) is 0 Å². The fourth-order valence-corrected chi connectivity index (χ4v) is 1.95. The Morgan fingerprint density at radius 3 is 2.50 bits per heavy atom. The normalized spacial score (nSPS) is 12.9. The third-order valence-electron chi connectivity index (χ3n) is 3.94. The Morgan fingerprint density at radius 2 is 1.90 bits per heavy atom. The van der Waals surface area contributed by atoms with Crippen molar-refractivity contribution in [3.8, 4) is 0 Å². The van der Waals surface area contributed by atoms with Crippen molar-refractivity contribution >= 4 is 23.5 Å². The van der Waals surface area contributed by atoms with Crippen molar-refractivity contribution in [3.05, 3.63) is 24.4 Å². The summed E-state index contributed by atoms with van der Waals surface area (Å²) in [5.74, 6) is 0. The Hall–Kier alpha value is -1.37. The Bertz CT molecular complexity index is 616. The summed E-state index contributed by atoms with van der Waals surface area (Å²) in [5.41, 5.74) is -0.506. The molecule has 108 valence electrons. The van der Waals surface area contributed by atoms with Gasteiger partial charge in [-0.3, -0.25) is 4.68 Å². The van der Waals surface area contributed by atoms with Crippen molar-refractivity contribution < 1.29 is 14.8 Å². The van der Waals surface area contributed by atoms with Gasteiger partial charge in [0.25, 0.3) is 0 Å². The second-order valence-corrected chi connectivity index (χ2v) is 6.09. The molecule has 0 saturated heterocycles. The summed E-state index contributed by atoms with van der Waals surface area (Å²) in [6.07, 6.45) is 1.74. The van der Waals surface area contributed by atoms with Gasteiger partial charge in [0.1, 0.15) is 0 Å². The molecule has 2 rings (SSSR count). The van der Waals surface area contributed by atoms with Gasteiger partial charge in [0, 0.05) is 17.9 Å². The van der Waals surface area contributed by atoms with Gasteiger partial charge in [-0.2, -0.15) is 5.10 Å². The number of rotatable bonds is 4. The molecule has 0 aliphatic heterocycles. The maximum atomic E-state index is 10.4. The highest BCUT2D eigenvalue weighted by Crippen LogP contribution is 2.25. The van der Waals surface area contributed by atoms with Crippen LogP contribution in [-0.4, -0.2) is 38.2 Å². The fraction of sp³-hybridized carbons (Fsp3) is 0.500. The Balaban J connectivity index is 2.37. The molecule has 1 aromatic heterocycles. The number of fused-ring (bicyclic) bond motifs is 1. The minimum Gasteiger partial charge on any atom is -0.423 e. The lowest BCUT2D eigenvalue weighted by Gasteiger charge is -2.38. The highest BCUT2D eigenvalue weighted by atomic mass is 16.5. The van der Waals surface area contributed by atoms with Crippen LogP contribution >= 0.6 is 0 Å². The molecule has 0 spiro atoms. The summed E-state index contributed by atoms with van der Waals surface area (Å²) in [5, 5.41) is 25.6. The lowest BCUT2D eigenvalue weighted by Crippen LogP contribution is -2.53. The molecule has 0 atom stereocenters. The summed E-state index contributed by atoms with van der Waals surface area (Å²) in [6, 6.07) is 5.58. The summed E-state index contributed by atoms with van der Waals surface area (Å²) in [7, 11) is 0.690. The zero-order valence-electron chi connectivity index (χ0n) is 12.6. The van der Waals surface area contributed by atoms with Gasteiger partial charge in [-0.05, 0) is 27.7 Å². The first-order chi connectivity index (χ1) is 9.13. The lowest BCUT2D eigenvalue weighted by atomic mass is 9.75. The lowest BCUT2D eigenvalue weighted by molar-refractivity contribution is -0.0982. The Kier molecular flexibility index (Phi) is 3.66. The number of aryl methyl sites for hydroxylation is 1. The molecule has 2 aromatic rings. The Labute approximate surface area is 119 Å². The predicted molar refractivity (Wildman–Crippen MR) is 79.8 cm³/mol. The topological polar surface area (TPSA) is 67.5 Å². The SMILES string of the molecule is Cn1ncc2cccc(B(O)OC(C)(C)C(C)(C)O)c21. The molecule has 6 heteroatoms. The fourth-order valence-electron chi connectivity index (χ4n) is 1.95. The van der Waals surface area contributed by atoms with Crippen molar-refractivity contribution in [3.63, 3.8) is 0 Å². The van der Waals surface area contributed by atoms with E-state index in [9.17, 15) is 10.1 Å². The molecule has 0 saturated carbocycles. The zero-order valence-corrected chi connectivity index (χ0v) is 12.6. The monoisotopic (exact) mass is 276 g/mol. The van der Waals surface area contributed by atoms with Gasteiger partial charge in [0.2, 0.25) is 0 Å². The minimum absolute atomic E-state index is 0.639. The number of hydrogen-bond acceptors (Lipinski definition) is 4. The molecule has 0 aliphatic rings. The van der Waals surface area contributed by atoms with E-state index in [0.29, 0.717) is 5.46 Å². The van der Waals surface area contributed by atoms with Crippen molar-refractivity contribution in [2.45, 2.75) is 38.9 Å². The number of hydrogen-bond donors (Lipinski definition) is 2. The standard InChI is InChI=1S/C14H21BN2O3/c1-13(2,18)14(3,4)20-15(19)11-8-6-7-10-9-16-17(5)12(10)11/h6-9,18-19H,1-5H3. The van der Waals surface area contributed by atoms with Crippen LogP contribution in [0, 0.1) is 0 Å². The minimum atomic E-state index is -1.13. The smallest absolute Gasteiger partial charge is 0.423 e. The van der Waals surface area contributed by atoms with Gasteiger partial charge >= 0.3 is 7.12 Å². The van der Waals surface area contributed by atoms with Crippen LogP contribution in [0.3, 0.4) is 0 Å². The van der Waals surface area contributed by atoms with Crippen LogP contribution in [-0.2, 0) is 11.7 Å². The van der Waals surface area contributed by atoms with E-state index in [2.05, 4.69) is 5.10 Å². The highest BCUT2D eigenvalue weighted by molar-refractivity contribution is 6.63. The third-order valence-corrected chi connectivity index (χ3v) is 3.94. The van der Waals surface area contributed by atoms with Gasteiger partial charge < -0.3 is 14.8 Å². The van der Waals surface area contributed by atoms with E-state index >= 15 is 0 Å². The van der Waals surface area contributed by atoms with Crippen molar-refractivity contribution in [1.82, 2.24) is 9.78 Å². The highest BCUT2D eigenvalue weighted by Gasteiger charge is 2.40. The second kappa shape index (κ2) is 4.88. The number of nitrogens with zero attached hydrogens (tertiary/aromatic N) is 2. The first-order valence-corrected chi connectivity index (χ1v) is 6.62. The van der Waals surface area contributed by atoms with Crippen LogP contribution in [0.1, 0.15) is 27.7 Å². The van der Waals surface area contributed by atoms with E-state index in [1.165, 1.54) is 0 Å². The Morgan fingerprint density at radius 1 is 1.25 bits per heavy atom. The summed E-state index contributed by atoms with van der Waals surface area (Å²) in [4.78, 5) is 0. The average molecular weight is 276 g/mol. The molecule has 0 radical (unpaired) electrons. The number of aliphatic hydroxyl groups is 1. The van der Waals surface area contributed by atoms with Gasteiger partial charge in [0.15, 0.2) is 0 Å². The van der Waals surface area contributed by atoms with E-state index in [1.807, 2.05) is 19.2 Å². The van der Waals surface area contributed by atoms with Crippen LogP contribution in [0.4, 0.5) is 0 Å². The maximum Gasteiger partial charge on any atom is 0.493 e. The molecule has 20 heavy (non-hydrogen) atoms. The summed E-state index contributed by atoms with van der Waals surface area (Å²) < 4.78 is 7.39. The van der Waals surface area contributed by atoms with Crippen LogP contribution in [0.5, 0.6) is 0 Å². The molecular weight excluding hydrogens is 255 g/mol. The van der Waals surface area contributed by atoms with E-state index in [4.69, 9.17) is 4.65 Å². The first-order valence-electron chi connectivity index (χ1n) is 6.62. The van der Waals surface area contributed by atoms with E-state index < -0.39 is 18.3 Å². The van der Waals surface area contributed by atoms with E-state index in [0.717, 1.165) is 10.9 Å². The molecule has 0 bridgehead atoms. The molecule has 1 heterocycles.